The second-order valence-electron chi connectivity index (χ2n) is 7.57. The van der Waals surface area contributed by atoms with E-state index in [9.17, 15) is 23.1 Å². The molecule has 2 heterocycles. The number of aliphatic hydroxyl groups is 1. The van der Waals surface area contributed by atoms with E-state index in [2.05, 4.69) is 15.1 Å². The van der Waals surface area contributed by atoms with Gasteiger partial charge in [-0.2, -0.15) is 18.3 Å². The van der Waals surface area contributed by atoms with Gasteiger partial charge in [0.25, 0.3) is 0 Å². The maximum Gasteiger partial charge on any atom is 0.416 e. The molecule has 31 heavy (non-hydrogen) atoms. The van der Waals surface area contributed by atoms with Crippen LogP contribution in [0.1, 0.15) is 36.1 Å². The SMILES string of the molecule is CO.Cc1cc(CC2CCCN(CCC=O)C2)nnc1-c1ccc(C(F)(F)F)cc1O. The Bertz CT molecular complexity index is 875. The van der Waals surface area contributed by atoms with E-state index < -0.39 is 17.5 Å². The molecule has 0 aliphatic carbocycles. The zero-order valence-electron chi connectivity index (χ0n) is 17.7. The van der Waals surface area contributed by atoms with Crippen LogP contribution in [0.5, 0.6) is 5.75 Å². The fourth-order valence-corrected chi connectivity index (χ4v) is 3.87. The summed E-state index contributed by atoms with van der Waals surface area (Å²) >= 11 is 0. The first kappa shape index (κ1) is 24.7. The predicted molar refractivity (Wildman–Crippen MR) is 111 cm³/mol. The number of hydrogen-bond donors (Lipinski definition) is 2. The molecular weight excluding hydrogens is 411 g/mol. The van der Waals surface area contributed by atoms with E-state index in [1.807, 2.05) is 13.0 Å². The maximum absolute atomic E-state index is 12.8. The molecule has 1 unspecified atom stereocenters. The van der Waals surface area contributed by atoms with Gasteiger partial charge in [-0.15, -0.1) is 5.10 Å². The average molecular weight is 439 g/mol. The number of aryl methyl sites for hydroxylation is 1. The lowest BCUT2D eigenvalue weighted by Crippen LogP contribution is -2.37. The Hall–Kier alpha value is -2.52. The summed E-state index contributed by atoms with van der Waals surface area (Å²) in [5.41, 5.74) is 1.26. The summed E-state index contributed by atoms with van der Waals surface area (Å²) in [7, 11) is 1.00. The summed E-state index contributed by atoms with van der Waals surface area (Å²) in [4.78, 5) is 12.9. The Morgan fingerprint density at radius 2 is 1.97 bits per heavy atom. The smallest absolute Gasteiger partial charge is 0.416 e. The molecule has 0 radical (unpaired) electrons. The Morgan fingerprint density at radius 3 is 2.58 bits per heavy atom. The summed E-state index contributed by atoms with van der Waals surface area (Å²) in [5, 5.41) is 25.5. The van der Waals surface area contributed by atoms with Crippen LogP contribution in [0.15, 0.2) is 24.3 Å². The molecule has 1 aromatic heterocycles. The molecule has 6 nitrogen and oxygen atoms in total. The Labute approximate surface area is 179 Å². The van der Waals surface area contributed by atoms with Gasteiger partial charge in [0.05, 0.1) is 17.0 Å². The molecule has 0 spiro atoms. The van der Waals surface area contributed by atoms with E-state index in [4.69, 9.17) is 5.11 Å². The highest BCUT2D eigenvalue weighted by molar-refractivity contribution is 5.69. The number of hydrogen-bond acceptors (Lipinski definition) is 6. The van der Waals surface area contributed by atoms with Crippen molar-refractivity contribution in [2.45, 2.75) is 38.8 Å². The normalized spacial score (nSPS) is 17.0. The molecule has 170 valence electrons. The van der Waals surface area contributed by atoms with Crippen LogP contribution in [0.4, 0.5) is 13.2 Å². The van der Waals surface area contributed by atoms with E-state index >= 15 is 0 Å². The van der Waals surface area contributed by atoms with Gasteiger partial charge < -0.3 is 19.9 Å². The molecule has 0 bridgehead atoms. The highest BCUT2D eigenvalue weighted by atomic mass is 19.4. The number of piperidine rings is 1. The predicted octanol–water partition coefficient (Wildman–Crippen LogP) is 3.63. The van der Waals surface area contributed by atoms with Crippen LogP contribution in [0.3, 0.4) is 0 Å². The van der Waals surface area contributed by atoms with Crippen molar-refractivity contribution in [3.05, 3.63) is 41.1 Å². The van der Waals surface area contributed by atoms with Crippen LogP contribution in [-0.2, 0) is 17.4 Å². The van der Waals surface area contributed by atoms with Crippen molar-refractivity contribution in [1.29, 1.82) is 0 Å². The third-order valence-electron chi connectivity index (χ3n) is 5.28. The highest BCUT2D eigenvalue weighted by Crippen LogP contribution is 2.36. The summed E-state index contributed by atoms with van der Waals surface area (Å²) < 4.78 is 38.4. The summed E-state index contributed by atoms with van der Waals surface area (Å²) in [5.74, 6) is -0.0440. The molecule has 1 aliphatic heterocycles. The topological polar surface area (TPSA) is 86.5 Å². The number of aldehydes is 1. The lowest BCUT2D eigenvalue weighted by atomic mass is 9.92. The van der Waals surface area contributed by atoms with Gasteiger partial charge in [0.15, 0.2) is 0 Å². The van der Waals surface area contributed by atoms with Crippen molar-refractivity contribution in [1.82, 2.24) is 15.1 Å². The minimum atomic E-state index is -4.51. The molecule has 9 heteroatoms. The fraction of sp³-hybridized carbons (Fsp3) is 0.500. The van der Waals surface area contributed by atoms with Crippen LogP contribution in [-0.4, -0.2) is 58.3 Å². The third kappa shape index (κ3) is 6.73. The van der Waals surface area contributed by atoms with Crippen molar-refractivity contribution >= 4 is 6.29 Å². The number of rotatable bonds is 6. The van der Waals surface area contributed by atoms with E-state index in [1.165, 1.54) is 6.07 Å². The van der Waals surface area contributed by atoms with Gasteiger partial charge in [-0.05, 0) is 68.5 Å². The number of aromatic hydroxyl groups is 1. The van der Waals surface area contributed by atoms with Crippen molar-refractivity contribution in [2.24, 2.45) is 5.92 Å². The Morgan fingerprint density at radius 1 is 1.23 bits per heavy atom. The van der Waals surface area contributed by atoms with E-state index in [1.54, 1.807) is 0 Å². The van der Waals surface area contributed by atoms with Crippen molar-refractivity contribution < 1.29 is 28.2 Å². The summed E-state index contributed by atoms with van der Waals surface area (Å²) in [6.07, 6.45) is -0.122. The molecule has 3 rings (SSSR count). The van der Waals surface area contributed by atoms with Crippen LogP contribution in [0.25, 0.3) is 11.3 Å². The number of phenolic OH excluding ortho intramolecular Hbond substituents is 1. The van der Waals surface area contributed by atoms with Gasteiger partial charge in [0.1, 0.15) is 12.0 Å². The van der Waals surface area contributed by atoms with Gasteiger partial charge in [-0.1, -0.05) is 0 Å². The first-order valence-electron chi connectivity index (χ1n) is 10.1. The number of phenols is 1. The first-order valence-corrected chi connectivity index (χ1v) is 10.1. The lowest BCUT2D eigenvalue weighted by molar-refractivity contribution is -0.137. The van der Waals surface area contributed by atoms with Crippen LogP contribution in [0.2, 0.25) is 0 Å². The van der Waals surface area contributed by atoms with Crippen molar-refractivity contribution in [3.8, 4) is 17.0 Å². The maximum atomic E-state index is 12.8. The summed E-state index contributed by atoms with van der Waals surface area (Å²) in [6, 6.07) is 4.74. The molecular formula is C22H28F3N3O3. The van der Waals surface area contributed by atoms with Crippen LogP contribution < -0.4 is 0 Å². The Kier molecular flexibility index (Phi) is 8.94. The number of carbonyl (C=O) groups is 1. The first-order chi connectivity index (χ1) is 14.8. The highest BCUT2D eigenvalue weighted by Gasteiger charge is 2.31. The molecule has 1 fully saturated rings. The second-order valence-corrected chi connectivity index (χ2v) is 7.57. The Balaban J connectivity index is 0.00000166. The van der Waals surface area contributed by atoms with E-state index in [0.717, 1.165) is 69.6 Å². The zero-order valence-corrected chi connectivity index (χ0v) is 17.7. The van der Waals surface area contributed by atoms with Gasteiger partial charge in [-0.3, -0.25) is 0 Å². The van der Waals surface area contributed by atoms with Gasteiger partial charge >= 0.3 is 6.18 Å². The molecule has 2 aromatic rings. The summed E-state index contributed by atoms with van der Waals surface area (Å²) in [6.45, 7) is 4.50. The molecule has 1 aliphatic rings. The number of halogens is 3. The number of likely N-dealkylation sites (tertiary alicyclic amines) is 1. The van der Waals surface area contributed by atoms with Gasteiger partial charge in [-0.25, -0.2) is 0 Å². The minimum Gasteiger partial charge on any atom is -0.507 e. The van der Waals surface area contributed by atoms with E-state index in [0.29, 0.717) is 24.1 Å². The number of nitrogens with zero attached hydrogens (tertiary/aromatic N) is 3. The second kappa shape index (κ2) is 11.2. The third-order valence-corrected chi connectivity index (χ3v) is 5.28. The largest absolute Gasteiger partial charge is 0.507 e. The molecule has 2 N–H and O–H groups in total. The quantitative estimate of drug-likeness (QED) is 0.669. The van der Waals surface area contributed by atoms with Gasteiger partial charge in [0, 0.05) is 32.2 Å². The van der Waals surface area contributed by atoms with Crippen molar-refractivity contribution in [3.63, 3.8) is 0 Å². The molecule has 0 saturated carbocycles. The lowest BCUT2D eigenvalue weighted by Gasteiger charge is -2.32. The number of carbonyl (C=O) groups excluding carboxylic acids is 1. The monoisotopic (exact) mass is 439 g/mol. The number of benzene rings is 1. The molecule has 1 saturated heterocycles. The van der Waals surface area contributed by atoms with Crippen LogP contribution in [0, 0.1) is 12.8 Å². The van der Waals surface area contributed by atoms with Crippen molar-refractivity contribution in [2.75, 3.05) is 26.7 Å². The number of aliphatic hydroxyl groups excluding tert-OH is 1. The zero-order chi connectivity index (χ0) is 23.0. The van der Waals surface area contributed by atoms with Crippen LogP contribution >= 0.6 is 0 Å². The van der Waals surface area contributed by atoms with E-state index in [-0.39, 0.29) is 5.56 Å². The minimum absolute atomic E-state index is 0.229. The standard InChI is InChI=1S/C21H24F3N3O2.CH4O/c1-14-10-17(11-15-4-2-7-27(13-15)8-3-9-28)25-26-20(14)18-6-5-16(12-19(18)29)21(22,23)24;1-2/h5-6,9-10,12,15,29H,2-4,7-8,11,13H2,1H3;2H,1H3. The van der Waals surface area contributed by atoms with Gasteiger partial charge in [0.2, 0.25) is 0 Å². The molecule has 1 aromatic carbocycles. The number of alkyl halides is 3. The number of aromatic nitrogens is 2. The average Bonchev–Trinajstić information content (AvgIpc) is 2.74. The molecule has 0 amide bonds. The fourth-order valence-electron chi connectivity index (χ4n) is 3.87. The molecule has 1 atom stereocenters.